The van der Waals surface area contributed by atoms with E-state index >= 15 is 0 Å². The zero-order valence-electron chi connectivity index (χ0n) is 22.0. The number of nitrogens with zero attached hydrogens (tertiary/aromatic N) is 1. The lowest BCUT2D eigenvalue weighted by atomic mass is 9.78. The molecule has 192 valence electrons. The molecule has 1 N–H and O–H groups in total. The molecule has 1 aromatic rings. The van der Waals surface area contributed by atoms with Gasteiger partial charge < -0.3 is 14.5 Å². The molecule has 3 amide bonds. The van der Waals surface area contributed by atoms with Crippen molar-refractivity contribution < 1.29 is 23.5 Å². The fourth-order valence-corrected chi connectivity index (χ4v) is 6.32. The molecular formula is C27H40N2O5Si. The summed E-state index contributed by atoms with van der Waals surface area (Å²) in [6, 6.07) is 6.84. The Labute approximate surface area is 210 Å². The molecule has 35 heavy (non-hydrogen) atoms. The van der Waals surface area contributed by atoms with Crippen LogP contribution in [0.25, 0.3) is 0 Å². The summed E-state index contributed by atoms with van der Waals surface area (Å²) in [5.74, 6) is -0.904. The number of benzene rings is 1. The number of fused-ring (bicyclic) bond motifs is 1. The van der Waals surface area contributed by atoms with E-state index in [-0.39, 0.29) is 34.7 Å². The van der Waals surface area contributed by atoms with Crippen molar-refractivity contribution in [1.82, 2.24) is 10.2 Å². The number of hydrogen-bond donors (Lipinski definition) is 1. The smallest absolute Gasteiger partial charge is 0.267 e. The summed E-state index contributed by atoms with van der Waals surface area (Å²) in [4.78, 5) is 41.3. The topological polar surface area (TPSA) is 84.9 Å². The second-order valence-corrected chi connectivity index (χ2v) is 16.7. The summed E-state index contributed by atoms with van der Waals surface area (Å²) < 4.78 is 12.7. The summed E-state index contributed by atoms with van der Waals surface area (Å²) in [6.45, 7) is 13.3. The van der Waals surface area contributed by atoms with Crippen LogP contribution in [0.15, 0.2) is 24.3 Å². The first-order valence-electron chi connectivity index (χ1n) is 13.0. The second-order valence-electron chi connectivity index (χ2n) is 11.9. The molecule has 0 bridgehead atoms. The number of imide groups is 1. The normalized spacial score (nSPS) is 24.8. The quantitative estimate of drug-likeness (QED) is 0.445. The van der Waals surface area contributed by atoms with Crippen LogP contribution in [0.4, 0.5) is 0 Å². The Morgan fingerprint density at radius 3 is 2.49 bits per heavy atom. The molecule has 0 radical (unpaired) electrons. The molecule has 2 heterocycles. The number of carbonyl (C=O) groups is 3. The van der Waals surface area contributed by atoms with Gasteiger partial charge in [-0.1, -0.05) is 46.2 Å². The highest BCUT2D eigenvalue weighted by Crippen LogP contribution is 2.43. The molecule has 1 aliphatic carbocycles. The first-order valence-corrected chi connectivity index (χ1v) is 15.9. The highest BCUT2D eigenvalue weighted by Gasteiger charge is 2.54. The highest BCUT2D eigenvalue weighted by atomic mass is 28.4. The lowest BCUT2D eigenvalue weighted by Crippen LogP contribution is -2.67. The average Bonchev–Trinajstić information content (AvgIpc) is 2.79. The minimum atomic E-state index is -1.92. The molecule has 3 atom stereocenters. The number of carbonyl (C=O) groups excluding carboxylic acids is 3. The third-order valence-corrected chi connectivity index (χ3v) is 13.1. The number of ether oxygens (including phenoxy) is 1. The van der Waals surface area contributed by atoms with Crippen LogP contribution in [0.3, 0.4) is 0 Å². The van der Waals surface area contributed by atoms with E-state index in [1.165, 1.54) is 4.90 Å². The molecule has 1 spiro atoms. The van der Waals surface area contributed by atoms with Crippen LogP contribution in [0.5, 0.6) is 5.75 Å². The monoisotopic (exact) mass is 500 g/mol. The van der Waals surface area contributed by atoms with Gasteiger partial charge in [0.25, 0.3) is 5.91 Å². The third-order valence-electron chi connectivity index (χ3n) is 8.59. The van der Waals surface area contributed by atoms with Crippen molar-refractivity contribution in [3.8, 4) is 5.75 Å². The fourth-order valence-electron chi connectivity index (χ4n) is 5.26. The largest absolute Gasteiger partial charge is 0.467 e. The zero-order chi connectivity index (χ0) is 25.6. The van der Waals surface area contributed by atoms with Gasteiger partial charge in [-0.05, 0) is 49.5 Å². The molecule has 3 aliphatic rings. The van der Waals surface area contributed by atoms with E-state index in [0.717, 1.165) is 19.3 Å². The molecule has 1 aromatic carbocycles. The Kier molecular flexibility index (Phi) is 6.92. The van der Waals surface area contributed by atoms with Crippen molar-refractivity contribution >= 4 is 26.0 Å². The maximum Gasteiger partial charge on any atom is 0.267 e. The maximum absolute atomic E-state index is 13.9. The number of amides is 3. The van der Waals surface area contributed by atoms with Gasteiger partial charge in [0.15, 0.2) is 14.0 Å². The Morgan fingerprint density at radius 1 is 1.20 bits per heavy atom. The van der Waals surface area contributed by atoms with Crippen LogP contribution in [-0.2, 0) is 14.0 Å². The summed E-state index contributed by atoms with van der Waals surface area (Å²) in [5, 5.41) is 3.03. The fraction of sp³-hybridized carbons (Fsp3) is 0.667. The van der Waals surface area contributed by atoms with Crippen LogP contribution in [-0.4, -0.2) is 49.3 Å². The third kappa shape index (κ3) is 4.67. The van der Waals surface area contributed by atoms with E-state index in [1.54, 1.807) is 18.2 Å². The van der Waals surface area contributed by atoms with Gasteiger partial charge in [-0.2, -0.15) is 0 Å². The van der Waals surface area contributed by atoms with Gasteiger partial charge in [0.2, 0.25) is 11.8 Å². The molecule has 0 unspecified atom stereocenters. The van der Waals surface area contributed by atoms with Crippen LogP contribution in [0.1, 0.15) is 76.6 Å². The molecule has 0 aromatic heterocycles. The summed E-state index contributed by atoms with van der Waals surface area (Å²) in [6.07, 6.45) is 4.70. The lowest BCUT2D eigenvalue weighted by Gasteiger charge is -2.50. The number of hydrogen-bond acceptors (Lipinski definition) is 5. The van der Waals surface area contributed by atoms with Gasteiger partial charge in [0, 0.05) is 19.4 Å². The second kappa shape index (κ2) is 9.35. The number of para-hydroxylation sites is 1. The molecule has 1 saturated heterocycles. The molecule has 4 rings (SSSR count). The first kappa shape index (κ1) is 25.9. The number of nitrogens with one attached hydrogen (secondary N) is 1. The van der Waals surface area contributed by atoms with Crippen molar-refractivity contribution in [2.45, 2.75) is 96.1 Å². The molecule has 7 nitrogen and oxygen atoms in total. The van der Waals surface area contributed by atoms with Crippen LogP contribution in [0, 0.1) is 11.8 Å². The zero-order valence-corrected chi connectivity index (χ0v) is 23.0. The van der Waals surface area contributed by atoms with Crippen molar-refractivity contribution in [3.05, 3.63) is 29.8 Å². The SMILES string of the molecule is C[C@@H](C(=O)N1C(=O)c2ccccc2OC12CCCCC2)[C@H]1NC(=O)[C@H]1CCO[Si](C)(C)C(C)(C)C. The van der Waals surface area contributed by atoms with Crippen LogP contribution >= 0.6 is 0 Å². The van der Waals surface area contributed by atoms with E-state index in [9.17, 15) is 14.4 Å². The minimum absolute atomic E-state index is 0.0487. The van der Waals surface area contributed by atoms with E-state index in [1.807, 2.05) is 13.0 Å². The summed E-state index contributed by atoms with van der Waals surface area (Å²) in [5.41, 5.74) is -0.523. The van der Waals surface area contributed by atoms with Gasteiger partial charge in [0.1, 0.15) is 5.75 Å². The van der Waals surface area contributed by atoms with Crippen LogP contribution < -0.4 is 10.1 Å². The summed E-state index contributed by atoms with van der Waals surface area (Å²) >= 11 is 0. The lowest BCUT2D eigenvalue weighted by molar-refractivity contribution is -0.161. The number of β-lactam (4-membered cyclic amide) rings is 1. The highest BCUT2D eigenvalue weighted by molar-refractivity contribution is 6.74. The molecule has 2 aliphatic heterocycles. The van der Waals surface area contributed by atoms with Gasteiger partial charge in [-0.15, -0.1) is 0 Å². The Hall–Kier alpha value is -2.19. The predicted molar refractivity (Wildman–Crippen MR) is 136 cm³/mol. The van der Waals surface area contributed by atoms with E-state index in [4.69, 9.17) is 9.16 Å². The van der Waals surface area contributed by atoms with Crippen molar-refractivity contribution in [3.63, 3.8) is 0 Å². The predicted octanol–water partition coefficient (Wildman–Crippen LogP) is 4.87. The molecule has 1 saturated carbocycles. The average molecular weight is 501 g/mol. The van der Waals surface area contributed by atoms with Crippen molar-refractivity contribution in [1.29, 1.82) is 0 Å². The van der Waals surface area contributed by atoms with Gasteiger partial charge in [-0.3, -0.25) is 14.4 Å². The van der Waals surface area contributed by atoms with E-state index in [2.05, 4.69) is 39.2 Å². The molecule has 8 heteroatoms. The molecular weight excluding hydrogens is 460 g/mol. The van der Waals surface area contributed by atoms with Gasteiger partial charge in [-0.25, -0.2) is 4.90 Å². The van der Waals surface area contributed by atoms with Gasteiger partial charge >= 0.3 is 0 Å². The van der Waals surface area contributed by atoms with Crippen molar-refractivity contribution in [2.75, 3.05) is 6.61 Å². The maximum atomic E-state index is 13.9. The van der Waals surface area contributed by atoms with Crippen molar-refractivity contribution in [2.24, 2.45) is 11.8 Å². The van der Waals surface area contributed by atoms with Crippen LogP contribution in [0.2, 0.25) is 18.1 Å². The number of rotatable bonds is 6. The van der Waals surface area contributed by atoms with E-state index < -0.39 is 20.0 Å². The van der Waals surface area contributed by atoms with E-state index in [0.29, 0.717) is 37.2 Å². The Bertz CT molecular complexity index is 996. The Morgan fingerprint density at radius 2 is 1.86 bits per heavy atom. The van der Waals surface area contributed by atoms with Gasteiger partial charge in [0.05, 0.1) is 23.4 Å². The standard InChI is InChI=1S/C27H40N2O5Si/c1-18(22-20(23(30)28-22)14-17-33-35(5,6)26(2,3)4)24(31)29-25(32)19-12-8-9-13-21(19)34-27(29)15-10-7-11-16-27/h8-9,12-13,18,20,22H,7,10-11,14-17H2,1-6H3,(H,28,30)/t18-,20+,22-/m1/s1. The first-order chi connectivity index (χ1) is 16.4. The minimum Gasteiger partial charge on any atom is -0.467 e. The molecule has 2 fully saturated rings. The summed E-state index contributed by atoms with van der Waals surface area (Å²) in [7, 11) is -1.92. The Balaban J connectivity index is 1.50.